The van der Waals surface area contributed by atoms with E-state index in [9.17, 15) is 19.7 Å². The Labute approximate surface area is 154 Å². The van der Waals surface area contributed by atoms with Crippen LogP contribution in [0.2, 0.25) is 0 Å². The number of carbonyl (C=O) groups excluding carboxylic acids is 2. The van der Waals surface area contributed by atoms with Crippen LogP contribution in [-0.4, -0.2) is 34.4 Å². The lowest BCUT2D eigenvalue weighted by Crippen LogP contribution is -2.49. The van der Waals surface area contributed by atoms with E-state index >= 15 is 0 Å². The molecular formula is C17H17N5O5. The lowest BCUT2D eigenvalue weighted by molar-refractivity contribution is -0.384. The average molecular weight is 371 g/mol. The summed E-state index contributed by atoms with van der Waals surface area (Å²) in [6.45, 7) is 1.46. The molecule has 140 valence electrons. The normalized spacial score (nSPS) is 15.7. The molecule has 1 atom stereocenters. The maximum Gasteiger partial charge on any atom is 0.271 e. The Morgan fingerprint density at radius 2 is 2.19 bits per heavy atom. The number of nitrogens with one attached hydrogen (secondary N) is 1. The Morgan fingerprint density at radius 1 is 1.41 bits per heavy atom. The number of hydrogen-bond donors (Lipinski definition) is 2. The van der Waals surface area contributed by atoms with E-state index in [0.717, 1.165) is 0 Å². The molecule has 10 heteroatoms. The number of carbonyl (C=O) groups is 2. The predicted molar refractivity (Wildman–Crippen MR) is 97.4 cm³/mol. The summed E-state index contributed by atoms with van der Waals surface area (Å²) in [4.78, 5) is 40.6. The lowest BCUT2D eigenvalue weighted by atomic mass is 10.2. The SMILES string of the molecule is CCC1Oc2ccc(N)nc2N(CC(=O)Nc2cccc([N+](=O)[O-])c2)C1=O. The van der Waals surface area contributed by atoms with Gasteiger partial charge in [-0.25, -0.2) is 4.98 Å². The first-order valence-electron chi connectivity index (χ1n) is 8.18. The lowest BCUT2D eigenvalue weighted by Gasteiger charge is -2.32. The second-order valence-electron chi connectivity index (χ2n) is 5.85. The number of nitrogens with zero attached hydrogens (tertiary/aromatic N) is 3. The molecule has 1 aromatic carbocycles. The number of ether oxygens (including phenoxy) is 1. The number of nitrogen functional groups attached to an aromatic ring is 1. The van der Waals surface area contributed by atoms with Crippen molar-refractivity contribution in [1.82, 2.24) is 4.98 Å². The highest BCUT2D eigenvalue weighted by molar-refractivity contribution is 6.05. The summed E-state index contributed by atoms with van der Waals surface area (Å²) in [6.07, 6.45) is -0.306. The fraction of sp³-hybridized carbons (Fsp3) is 0.235. The molecule has 1 unspecified atom stereocenters. The summed E-state index contributed by atoms with van der Waals surface area (Å²) >= 11 is 0. The number of aromatic nitrogens is 1. The van der Waals surface area contributed by atoms with Crippen LogP contribution >= 0.6 is 0 Å². The largest absolute Gasteiger partial charge is 0.477 e. The molecule has 10 nitrogen and oxygen atoms in total. The third-order valence-electron chi connectivity index (χ3n) is 3.94. The van der Waals surface area contributed by atoms with Crippen LogP contribution in [0.25, 0.3) is 0 Å². The van der Waals surface area contributed by atoms with Gasteiger partial charge in [-0.05, 0) is 24.6 Å². The molecule has 1 aromatic heterocycles. The third kappa shape index (κ3) is 3.78. The molecule has 2 amide bonds. The van der Waals surface area contributed by atoms with Gasteiger partial charge >= 0.3 is 0 Å². The number of pyridine rings is 1. The van der Waals surface area contributed by atoms with Crippen LogP contribution in [0.3, 0.4) is 0 Å². The molecule has 0 bridgehead atoms. The van der Waals surface area contributed by atoms with E-state index < -0.39 is 22.8 Å². The van der Waals surface area contributed by atoms with E-state index in [1.165, 1.54) is 29.2 Å². The quantitative estimate of drug-likeness (QED) is 0.602. The van der Waals surface area contributed by atoms with Crippen LogP contribution in [-0.2, 0) is 9.59 Å². The summed E-state index contributed by atoms with van der Waals surface area (Å²) < 4.78 is 5.60. The monoisotopic (exact) mass is 371 g/mol. The van der Waals surface area contributed by atoms with Crippen molar-refractivity contribution in [2.45, 2.75) is 19.4 Å². The number of hydrogen-bond acceptors (Lipinski definition) is 7. The molecule has 3 N–H and O–H groups in total. The fourth-order valence-corrected chi connectivity index (χ4v) is 2.67. The zero-order chi connectivity index (χ0) is 19.6. The first kappa shape index (κ1) is 18.1. The third-order valence-corrected chi connectivity index (χ3v) is 3.94. The average Bonchev–Trinajstić information content (AvgIpc) is 2.64. The van der Waals surface area contributed by atoms with Crippen LogP contribution < -0.4 is 20.7 Å². The van der Waals surface area contributed by atoms with Gasteiger partial charge in [-0.2, -0.15) is 0 Å². The highest BCUT2D eigenvalue weighted by atomic mass is 16.6. The number of nitro benzene ring substituents is 1. The smallest absolute Gasteiger partial charge is 0.271 e. The topological polar surface area (TPSA) is 141 Å². The van der Waals surface area contributed by atoms with Gasteiger partial charge in [0.05, 0.1) is 4.92 Å². The molecule has 0 saturated heterocycles. The molecule has 2 heterocycles. The predicted octanol–water partition coefficient (Wildman–Crippen LogP) is 1.71. The Hall–Kier alpha value is -3.69. The van der Waals surface area contributed by atoms with Crippen molar-refractivity contribution in [2.24, 2.45) is 0 Å². The van der Waals surface area contributed by atoms with E-state index in [-0.39, 0.29) is 29.6 Å². The molecule has 2 aromatic rings. The number of nitro groups is 1. The molecule has 1 aliphatic heterocycles. The minimum Gasteiger partial charge on any atom is -0.477 e. The van der Waals surface area contributed by atoms with Gasteiger partial charge in [0, 0.05) is 17.8 Å². The van der Waals surface area contributed by atoms with Gasteiger partial charge in [0.1, 0.15) is 12.4 Å². The van der Waals surface area contributed by atoms with E-state index in [1.54, 1.807) is 19.1 Å². The van der Waals surface area contributed by atoms with E-state index in [0.29, 0.717) is 12.2 Å². The van der Waals surface area contributed by atoms with Gasteiger partial charge in [-0.15, -0.1) is 0 Å². The molecule has 1 aliphatic rings. The highest BCUT2D eigenvalue weighted by Crippen LogP contribution is 2.33. The van der Waals surface area contributed by atoms with Crippen LogP contribution in [0.1, 0.15) is 13.3 Å². The molecular weight excluding hydrogens is 354 g/mol. The van der Waals surface area contributed by atoms with Crippen molar-refractivity contribution < 1.29 is 19.2 Å². The van der Waals surface area contributed by atoms with Crippen molar-refractivity contribution in [1.29, 1.82) is 0 Å². The maximum absolute atomic E-state index is 12.6. The second kappa shape index (κ2) is 7.28. The minimum absolute atomic E-state index is 0.152. The van der Waals surface area contributed by atoms with Crippen LogP contribution in [0, 0.1) is 10.1 Å². The molecule has 0 saturated carbocycles. The number of amides is 2. The fourth-order valence-electron chi connectivity index (χ4n) is 2.67. The van der Waals surface area contributed by atoms with E-state index in [1.807, 2.05) is 0 Å². The standard InChI is InChI=1S/C17H17N5O5/c1-2-12-17(24)21(16-13(27-12)6-7-14(18)20-16)9-15(23)19-10-4-3-5-11(8-10)22(25)26/h3-8,12H,2,9H2,1H3,(H2,18,20)(H,19,23). The number of benzene rings is 1. The summed E-state index contributed by atoms with van der Waals surface area (Å²) in [5, 5.41) is 13.4. The summed E-state index contributed by atoms with van der Waals surface area (Å²) in [5.41, 5.74) is 5.79. The van der Waals surface area contributed by atoms with Crippen molar-refractivity contribution >= 4 is 34.8 Å². The van der Waals surface area contributed by atoms with Gasteiger partial charge in [0.15, 0.2) is 17.7 Å². The zero-order valence-electron chi connectivity index (χ0n) is 14.4. The van der Waals surface area contributed by atoms with Gasteiger partial charge in [-0.3, -0.25) is 24.6 Å². The first-order valence-corrected chi connectivity index (χ1v) is 8.18. The molecule has 3 rings (SSSR count). The molecule has 0 radical (unpaired) electrons. The Morgan fingerprint density at radius 3 is 2.89 bits per heavy atom. The maximum atomic E-state index is 12.6. The van der Waals surface area contributed by atoms with E-state index in [2.05, 4.69) is 10.3 Å². The number of anilines is 3. The number of non-ortho nitro benzene ring substituents is 1. The van der Waals surface area contributed by atoms with Crippen molar-refractivity contribution in [3.8, 4) is 5.75 Å². The Bertz CT molecular complexity index is 916. The number of nitrogens with two attached hydrogens (primary N) is 1. The van der Waals surface area contributed by atoms with Crippen LogP contribution in [0.15, 0.2) is 36.4 Å². The van der Waals surface area contributed by atoms with Crippen molar-refractivity contribution in [2.75, 3.05) is 22.5 Å². The summed E-state index contributed by atoms with van der Waals surface area (Å²) in [6, 6.07) is 8.66. The Balaban J connectivity index is 1.82. The highest BCUT2D eigenvalue weighted by Gasteiger charge is 2.35. The van der Waals surface area contributed by atoms with Crippen molar-refractivity contribution in [3.05, 3.63) is 46.5 Å². The van der Waals surface area contributed by atoms with Gasteiger partial charge < -0.3 is 15.8 Å². The number of fused-ring (bicyclic) bond motifs is 1. The van der Waals surface area contributed by atoms with Gasteiger partial charge in [0.25, 0.3) is 11.6 Å². The van der Waals surface area contributed by atoms with Gasteiger partial charge in [-0.1, -0.05) is 13.0 Å². The van der Waals surface area contributed by atoms with E-state index in [4.69, 9.17) is 10.5 Å². The zero-order valence-corrected chi connectivity index (χ0v) is 14.4. The van der Waals surface area contributed by atoms with Gasteiger partial charge in [0.2, 0.25) is 5.91 Å². The molecule has 27 heavy (non-hydrogen) atoms. The molecule has 0 aliphatic carbocycles. The van der Waals surface area contributed by atoms with Crippen molar-refractivity contribution in [3.63, 3.8) is 0 Å². The summed E-state index contributed by atoms with van der Waals surface area (Å²) in [5.74, 6) is -0.227. The van der Waals surface area contributed by atoms with Crippen LogP contribution in [0.5, 0.6) is 5.75 Å². The summed E-state index contributed by atoms with van der Waals surface area (Å²) in [7, 11) is 0. The minimum atomic E-state index is -0.728. The molecule has 0 spiro atoms. The second-order valence-corrected chi connectivity index (χ2v) is 5.85. The number of rotatable bonds is 5. The van der Waals surface area contributed by atoms with Crippen LogP contribution in [0.4, 0.5) is 23.0 Å². The first-order chi connectivity index (χ1) is 12.9. The Kier molecular flexibility index (Phi) is 4.88. The molecule has 0 fully saturated rings.